The van der Waals surface area contributed by atoms with Crippen LogP contribution < -0.4 is 10.6 Å². The molecule has 1 aromatic rings. The highest BCUT2D eigenvalue weighted by molar-refractivity contribution is 7.98. The predicted molar refractivity (Wildman–Crippen MR) is 73.3 cm³/mol. The molecule has 0 spiro atoms. The molecule has 0 atom stereocenters. The SMILES string of the molecule is CSCCCNCc1sccc1NC(C)=O. The minimum Gasteiger partial charge on any atom is -0.325 e. The number of carbonyl (C=O) groups excluding carboxylic acids is 1. The fraction of sp³-hybridized carbons (Fsp3) is 0.545. The topological polar surface area (TPSA) is 41.1 Å². The highest BCUT2D eigenvalue weighted by Crippen LogP contribution is 2.21. The Morgan fingerprint density at radius 1 is 1.56 bits per heavy atom. The van der Waals surface area contributed by atoms with Gasteiger partial charge in [-0.2, -0.15) is 11.8 Å². The molecule has 90 valence electrons. The summed E-state index contributed by atoms with van der Waals surface area (Å²) < 4.78 is 0. The van der Waals surface area contributed by atoms with Gasteiger partial charge in [-0.25, -0.2) is 0 Å². The Hall–Kier alpha value is -0.520. The van der Waals surface area contributed by atoms with E-state index >= 15 is 0 Å². The van der Waals surface area contributed by atoms with Gasteiger partial charge < -0.3 is 10.6 Å². The maximum atomic E-state index is 10.9. The number of thioether (sulfide) groups is 1. The Bertz CT molecular complexity index is 326. The third kappa shape index (κ3) is 5.01. The Morgan fingerprint density at radius 3 is 3.06 bits per heavy atom. The lowest BCUT2D eigenvalue weighted by atomic mass is 10.3. The zero-order valence-corrected chi connectivity index (χ0v) is 11.3. The lowest BCUT2D eigenvalue weighted by Gasteiger charge is -2.05. The zero-order valence-electron chi connectivity index (χ0n) is 9.71. The van der Waals surface area contributed by atoms with Crippen molar-refractivity contribution in [2.75, 3.05) is 23.9 Å². The number of hydrogen-bond donors (Lipinski definition) is 2. The van der Waals surface area contributed by atoms with Gasteiger partial charge in [-0.1, -0.05) is 0 Å². The molecule has 5 heteroatoms. The second kappa shape index (κ2) is 7.70. The van der Waals surface area contributed by atoms with E-state index < -0.39 is 0 Å². The summed E-state index contributed by atoms with van der Waals surface area (Å²) in [6.07, 6.45) is 3.30. The molecule has 1 amide bonds. The van der Waals surface area contributed by atoms with E-state index in [9.17, 15) is 4.79 Å². The number of hydrogen-bond acceptors (Lipinski definition) is 4. The standard InChI is InChI=1S/C11H18N2OS2/c1-9(14)13-10-4-7-16-11(10)8-12-5-3-6-15-2/h4,7,12H,3,5-6,8H2,1-2H3,(H,13,14). The summed E-state index contributed by atoms with van der Waals surface area (Å²) in [4.78, 5) is 12.1. The van der Waals surface area contributed by atoms with Crippen LogP contribution in [0.4, 0.5) is 5.69 Å². The Balaban J connectivity index is 2.30. The Morgan fingerprint density at radius 2 is 2.38 bits per heavy atom. The predicted octanol–water partition coefficient (Wildman–Crippen LogP) is 2.55. The van der Waals surface area contributed by atoms with Gasteiger partial charge in [0.1, 0.15) is 0 Å². The molecule has 3 nitrogen and oxygen atoms in total. The number of amides is 1. The summed E-state index contributed by atoms with van der Waals surface area (Å²) in [7, 11) is 0. The molecule has 1 heterocycles. The molecule has 2 N–H and O–H groups in total. The van der Waals surface area contributed by atoms with Crippen LogP contribution in [0.2, 0.25) is 0 Å². The molecule has 0 saturated carbocycles. The molecule has 0 aliphatic heterocycles. The van der Waals surface area contributed by atoms with Crippen LogP contribution in [-0.2, 0) is 11.3 Å². The molecule has 0 bridgehead atoms. The van der Waals surface area contributed by atoms with Gasteiger partial charge in [0, 0.05) is 18.3 Å². The second-order valence-electron chi connectivity index (χ2n) is 3.46. The van der Waals surface area contributed by atoms with Crippen molar-refractivity contribution < 1.29 is 4.79 Å². The first-order valence-electron chi connectivity index (χ1n) is 5.27. The summed E-state index contributed by atoms with van der Waals surface area (Å²) in [5, 5.41) is 8.22. The van der Waals surface area contributed by atoms with Crippen molar-refractivity contribution in [2.24, 2.45) is 0 Å². The van der Waals surface area contributed by atoms with Crippen LogP contribution in [0.25, 0.3) is 0 Å². The molecular weight excluding hydrogens is 240 g/mol. The molecule has 16 heavy (non-hydrogen) atoms. The van der Waals surface area contributed by atoms with Crippen molar-refractivity contribution >= 4 is 34.7 Å². The Labute approximate surface area is 105 Å². The number of rotatable bonds is 7. The molecule has 1 aromatic heterocycles. The minimum absolute atomic E-state index is 0.0120. The van der Waals surface area contributed by atoms with Crippen LogP contribution >= 0.6 is 23.1 Å². The van der Waals surface area contributed by atoms with E-state index in [0.717, 1.165) is 18.8 Å². The number of thiophene rings is 1. The van der Waals surface area contributed by atoms with Crippen molar-refractivity contribution in [3.8, 4) is 0 Å². The number of carbonyl (C=O) groups is 1. The van der Waals surface area contributed by atoms with Crippen LogP contribution in [0.15, 0.2) is 11.4 Å². The van der Waals surface area contributed by atoms with Crippen LogP contribution in [0, 0.1) is 0 Å². The first kappa shape index (κ1) is 13.5. The van der Waals surface area contributed by atoms with Crippen LogP contribution in [0.1, 0.15) is 18.2 Å². The normalized spacial score (nSPS) is 10.4. The van der Waals surface area contributed by atoms with Crippen molar-refractivity contribution in [1.29, 1.82) is 0 Å². The number of anilines is 1. The highest BCUT2D eigenvalue weighted by atomic mass is 32.2. The van der Waals surface area contributed by atoms with Crippen molar-refractivity contribution in [2.45, 2.75) is 19.9 Å². The quantitative estimate of drug-likeness (QED) is 0.739. The van der Waals surface area contributed by atoms with Gasteiger partial charge in [-0.3, -0.25) is 4.79 Å². The van der Waals surface area contributed by atoms with E-state index in [0.29, 0.717) is 0 Å². The minimum atomic E-state index is -0.0120. The van der Waals surface area contributed by atoms with Gasteiger partial charge >= 0.3 is 0 Å². The zero-order chi connectivity index (χ0) is 11.8. The molecular formula is C11H18N2OS2. The highest BCUT2D eigenvalue weighted by Gasteiger charge is 2.04. The van der Waals surface area contributed by atoms with Crippen LogP contribution in [-0.4, -0.2) is 24.5 Å². The second-order valence-corrected chi connectivity index (χ2v) is 5.45. The molecule has 0 saturated heterocycles. The molecule has 0 unspecified atom stereocenters. The molecule has 0 aliphatic carbocycles. The van der Waals surface area contributed by atoms with Gasteiger partial charge in [0.25, 0.3) is 0 Å². The van der Waals surface area contributed by atoms with Crippen LogP contribution in [0.5, 0.6) is 0 Å². The summed E-state index contributed by atoms with van der Waals surface area (Å²) in [6.45, 7) is 3.40. The van der Waals surface area contributed by atoms with Gasteiger partial charge in [0.05, 0.1) is 5.69 Å². The monoisotopic (exact) mass is 258 g/mol. The smallest absolute Gasteiger partial charge is 0.221 e. The van der Waals surface area contributed by atoms with E-state index in [-0.39, 0.29) is 5.91 Å². The fourth-order valence-electron chi connectivity index (χ4n) is 1.32. The first-order chi connectivity index (χ1) is 7.74. The lowest BCUT2D eigenvalue weighted by Crippen LogP contribution is -2.16. The average molecular weight is 258 g/mol. The first-order valence-corrected chi connectivity index (χ1v) is 7.55. The van der Waals surface area contributed by atoms with Gasteiger partial charge in [-0.15, -0.1) is 11.3 Å². The average Bonchev–Trinajstić information content (AvgIpc) is 2.64. The molecule has 0 aliphatic rings. The van der Waals surface area contributed by atoms with Gasteiger partial charge in [0.15, 0.2) is 0 Å². The molecule has 0 radical (unpaired) electrons. The maximum Gasteiger partial charge on any atom is 0.221 e. The lowest BCUT2D eigenvalue weighted by molar-refractivity contribution is -0.114. The van der Waals surface area contributed by atoms with E-state index in [1.807, 2.05) is 23.2 Å². The largest absolute Gasteiger partial charge is 0.325 e. The summed E-state index contributed by atoms with van der Waals surface area (Å²) in [5.41, 5.74) is 0.940. The Kier molecular flexibility index (Phi) is 6.52. The van der Waals surface area contributed by atoms with E-state index in [1.54, 1.807) is 11.3 Å². The summed E-state index contributed by atoms with van der Waals surface area (Å²) in [5.74, 6) is 1.18. The van der Waals surface area contributed by atoms with E-state index in [4.69, 9.17) is 0 Å². The van der Waals surface area contributed by atoms with E-state index in [2.05, 4.69) is 16.9 Å². The fourth-order valence-corrected chi connectivity index (χ4v) is 2.55. The van der Waals surface area contributed by atoms with Gasteiger partial charge in [-0.05, 0) is 36.4 Å². The van der Waals surface area contributed by atoms with Gasteiger partial charge in [0.2, 0.25) is 5.91 Å². The van der Waals surface area contributed by atoms with Crippen molar-refractivity contribution in [1.82, 2.24) is 5.32 Å². The van der Waals surface area contributed by atoms with Crippen molar-refractivity contribution in [3.05, 3.63) is 16.3 Å². The summed E-state index contributed by atoms with van der Waals surface area (Å²) in [6, 6.07) is 1.95. The third-order valence-corrected chi connectivity index (χ3v) is 3.66. The summed E-state index contributed by atoms with van der Waals surface area (Å²) >= 11 is 3.54. The third-order valence-electron chi connectivity index (χ3n) is 2.04. The molecule has 0 aromatic carbocycles. The maximum absolute atomic E-state index is 10.9. The van der Waals surface area contributed by atoms with E-state index in [1.165, 1.54) is 24.0 Å². The molecule has 0 fully saturated rings. The molecule has 1 rings (SSSR count). The van der Waals surface area contributed by atoms with Crippen molar-refractivity contribution in [3.63, 3.8) is 0 Å². The number of nitrogens with one attached hydrogen (secondary N) is 2. The van der Waals surface area contributed by atoms with Crippen LogP contribution in [0.3, 0.4) is 0 Å².